The van der Waals surface area contributed by atoms with E-state index in [1.165, 1.54) is 11.1 Å². The summed E-state index contributed by atoms with van der Waals surface area (Å²) >= 11 is 0. The van der Waals surface area contributed by atoms with Crippen LogP contribution in [0, 0.1) is 11.3 Å². The van der Waals surface area contributed by atoms with E-state index in [9.17, 15) is 0 Å². The molecule has 16 heavy (non-hydrogen) atoms. The highest BCUT2D eigenvalue weighted by molar-refractivity contribution is 5.88. The molecule has 0 saturated carbocycles. The minimum absolute atomic E-state index is 0.773. The first-order valence-electron chi connectivity index (χ1n) is 5.38. The van der Waals surface area contributed by atoms with Crippen LogP contribution in [0.25, 0.3) is 10.9 Å². The van der Waals surface area contributed by atoms with Crippen LogP contribution in [-0.2, 0) is 20.1 Å². The highest BCUT2D eigenvalue weighted by atomic mass is 15.1. The summed E-state index contributed by atoms with van der Waals surface area (Å²) in [5.41, 5.74) is 4.68. The van der Waals surface area contributed by atoms with Crippen LogP contribution >= 0.6 is 0 Å². The Labute approximate surface area is 94.5 Å². The smallest absolute Gasteiger partial charge is 0.101 e. The summed E-state index contributed by atoms with van der Waals surface area (Å²) in [5.74, 6) is 0. The SMILES string of the molecule is CN1Cc2cc3c(C#N)cn(C)c3cc2C1. The molecule has 1 aliphatic rings. The Bertz CT molecular complexity index is 616. The summed E-state index contributed by atoms with van der Waals surface area (Å²) < 4.78 is 2.03. The van der Waals surface area contributed by atoms with Crippen molar-refractivity contribution in [3.05, 3.63) is 35.0 Å². The van der Waals surface area contributed by atoms with Gasteiger partial charge in [0.1, 0.15) is 6.07 Å². The largest absolute Gasteiger partial charge is 0.349 e. The molecule has 1 aromatic heterocycles. The van der Waals surface area contributed by atoms with E-state index in [1.807, 2.05) is 17.8 Å². The van der Waals surface area contributed by atoms with E-state index < -0.39 is 0 Å². The Morgan fingerprint density at radius 1 is 1.19 bits per heavy atom. The Balaban J connectivity index is 2.32. The monoisotopic (exact) mass is 211 g/mol. The van der Waals surface area contributed by atoms with Gasteiger partial charge in [0.2, 0.25) is 0 Å². The maximum Gasteiger partial charge on any atom is 0.101 e. The lowest BCUT2D eigenvalue weighted by Crippen LogP contribution is -2.07. The van der Waals surface area contributed by atoms with Gasteiger partial charge in [0.05, 0.1) is 5.56 Å². The van der Waals surface area contributed by atoms with Crippen LogP contribution in [0.15, 0.2) is 18.3 Å². The number of fused-ring (bicyclic) bond motifs is 2. The molecule has 0 amide bonds. The molecular formula is C13H13N3. The molecule has 80 valence electrons. The van der Waals surface area contributed by atoms with E-state index in [0.29, 0.717) is 0 Å². The summed E-state index contributed by atoms with van der Waals surface area (Å²) in [4.78, 5) is 2.29. The first-order valence-corrected chi connectivity index (χ1v) is 5.38. The number of hydrogen-bond acceptors (Lipinski definition) is 2. The van der Waals surface area contributed by atoms with Crippen molar-refractivity contribution in [2.24, 2.45) is 7.05 Å². The predicted octanol–water partition coefficient (Wildman–Crippen LogP) is 2.00. The summed E-state index contributed by atoms with van der Waals surface area (Å²) in [7, 11) is 4.12. The van der Waals surface area contributed by atoms with Gasteiger partial charge in [-0.05, 0) is 30.3 Å². The zero-order chi connectivity index (χ0) is 11.3. The third-order valence-electron chi connectivity index (χ3n) is 3.31. The Kier molecular flexibility index (Phi) is 1.83. The molecule has 2 aromatic rings. The highest BCUT2D eigenvalue weighted by Gasteiger charge is 2.18. The Morgan fingerprint density at radius 3 is 2.56 bits per heavy atom. The molecule has 0 spiro atoms. The van der Waals surface area contributed by atoms with Crippen LogP contribution in [0.5, 0.6) is 0 Å². The standard InChI is InChI=1S/C13H13N3/c1-15-6-9-3-12-11(5-14)8-16(2)13(12)4-10(9)7-15/h3-4,8H,6-7H2,1-2H3. The molecule has 0 unspecified atom stereocenters. The number of benzene rings is 1. The van der Waals surface area contributed by atoms with Gasteiger partial charge < -0.3 is 4.57 Å². The zero-order valence-electron chi connectivity index (χ0n) is 9.49. The van der Waals surface area contributed by atoms with Gasteiger partial charge in [-0.3, -0.25) is 4.90 Å². The molecule has 1 aliphatic heterocycles. The molecule has 3 heteroatoms. The Hall–Kier alpha value is -1.79. The minimum atomic E-state index is 0.773. The van der Waals surface area contributed by atoms with Gasteiger partial charge in [0.25, 0.3) is 0 Å². The lowest BCUT2D eigenvalue weighted by Gasteiger charge is -2.02. The highest BCUT2D eigenvalue weighted by Crippen LogP contribution is 2.29. The van der Waals surface area contributed by atoms with Crippen molar-refractivity contribution in [2.45, 2.75) is 13.1 Å². The number of rotatable bonds is 0. The van der Waals surface area contributed by atoms with E-state index in [4.69, 9.17) is 5.26 Å². The van der Waals surface area contributed by atoms with Crippen molar-refractivity contribution in [2.75, 3.05) is 7.05 Å². The molecule has 3 nitrogen and oxygen atoms in total. The van der Waals surface area contributed by atoms with Gasteiger partial charge in [0.15, 0.2) is 0 Å². The lowest BCUT2D eigenvalue weighted by atomic mass is 10.1. The molecule has 0 N–H and O–H groups in total. The summed E-state index contributed by atoms with van der Waals surface area (Å²) in [6.45, 7) is 2.00. The zero-order valence-corrected chi connectivity index (χ0v) is 9.49. The maximum absolute atomic E-state index is 9.08. The van der Waals surface area contributed by atoms with Gasteiger partial charge in [-0.2, -0.15) is 5.26 Å². The third kappa shape index (κ3) is 1.17. The van der Waals surface area contributed by atoms with Crippen LogP contribution in [0.1, 0.15) is 16.7 Å². The van der Waals surface area contributed by atoms with E-state index in [2.05, 4.69) is 30.1 Å². The van der Waals surface area contributed by atoms with Crippen LogP contribution < -0.4 is 0 Å². The molecular weight excluding hydrogens is 198 g/mol. The number of nitriles is 1. The second-order valence-corrected chi connectivity index (χ2v) is 4.58. The van der Waals surface area contributed by atoms with Gasteiger partial charge in [-0.15, -0.1) is 0 Å². The number of aryl methyl sites for hydroxylation is 1. The fourth-order valence-corrected chi connectivity index (χ4v) is 2.54. The van der Waals surface area contributed by atoms with Crippen molar-refractivity contribution >= 4 is 10.9 Å². The molecule has 2 heterocycles. The molecule has 1 aromatic carbocycles. The summed E-state index contributed by atoms with van der Waals surface area (Å²) in [5, 5.41) is 10.2. The van der Waals surface area contributed by atoms with Gasteiger partial charge in [-0.1, -0.05) is 0 Å². The van der Waals surface area contributed by atoms with Crippen molar-refractivity contribution in [1.29, 1.82) is 5.26 Å². The van der Waals surface area contributed by atoms with Crippen molar-refractivity contribution in [1.82, 2.24) is 9.47 Å². The average molecular weight is 211 g/mol. The van der Waals surface area contributed by atoms with Gasteiger partial charge in [0, 0.05) is 37.2 Å². The maximum atomic E-state index is 9.08. The number of hydrogen-bond donors (Lipinski definition) is 0. The quantitative estimate of drug-likeness (QED) is 0.667. The third-order valence-corrected chi connectivity index (χ3v) is 3.31. The van der Waals surface area contributed by atoms with E-state index in [-0.39, 0.29) is 0 Å². The molecule has 0 atom stereocenters. The second kappa shape index (κ2) is 3.10. The molecule has 0 bridgehead atoms. The molecule has 3 rings (SSSR count). The van der Waals surface area contributed by atoms with Gasteiger partial charge >= 0.3 is 0 Å². The number of aromatic nitrogens is 1. The van der Waals surface area contributed by atoms with Gasteiger partial charge in [-0.25, -0.2) is 0 Å². The van der Waals surface area contributed by atoms with Crippen molar-refractivity contribution in [3.8, 4) is 6.07 Å². The first-order chi connectivity index (χ1) is 7.69. The van der Waals surface area contributed by atoms with E-state index in [1.54, 1.807) is 0 Å². The second-order valence-electron chi connectivity index (χ2n) is 4.58. The molecule has 0 fully saturated rings. The normalized spacial score (nSPS) is 15.3. The van der Waals surface area contributed by atoms with Crippen molar-refractivity contribution in [3.63, 3.8) is 0 Å². The topological polar surface area (TPSA) is 32.0 Å². The molecule has 0 saturated heterocycles. The molecule has 0 aliphatic carbocycles. The summed E-state index contributed by atoms with van der Waals surface area (Å²) in [6, 6.07) is 6.65. The average Bonchev–Trinajstić information content (AvgIpc) is 2.75. The lowest BCUT2D eigenvalue weighted by molar-refractivity contribution is 0.353. The van der Waals surface area contributed by atoms with Crippen LogP contribution in [0.3, 0.4) is 0 Å². The molecule has 0 radical (unpaired) electrons. The minimum Gasteiger partial charge on any atom is -0.349 e. The van der Waals surface area contributed by atoms with Crippen molar-refractivity contribution < 1.29 is 0 Å². The fourth-order valence-electron chi connectivity index (χ4n) is 2.54. The Morgan fingerprint density at radius 2 is 1.88 bits per heavy atom. The van der Waals surface area contributed by atoms with Crippen LogP contribution in [0.2, 0.25) is 0 Å². The number of nitrogens with zero attached hydrogens (tertiary/aromatic N) is 3. The van der Waals surface area contributed by atoms with E-state index >= 15 is 0 Å². The fraction of sp³-hybridized carbons (Fsp3) is 0.308. The summed E-state index contributed by atoms with van der Waals surface area (Å²) in [6.07, 6.45) is 1.91. The first kappa shape index (κ1) is 9.44. The van der Waals surface area contributed by atoms with Crippen LogP contribution in [0.4, 0.5) is 0 Å². The van der Waals surface area contributed by atoms with Crippen LogP contribution in [-0.4, -0.2) is 16.5 Å². The van der Waals surface area contributed by atoms with E-state index in [0.717, 1.165) is 29.6 Å². The predicted molar refractivity (Wildman–Crippen MR) is 62.8 cm³/mol.